The second kappa shape index (κ2) is 6.22. The summed E-state index contributed by atoms with van der Waals surface area (Å²) < 4.78 is 13.3. The van der Waals surface area contributed by atoms with Gasteiger partial charge in [0.05, 0.1) is 0 Å². The van der Waals surface area contributed by atoms with Crippen molar-refractivity contribution in [3.63, 3.8) is 0 Å². The van der Waals surface area contributed by atoms with Crippen molar-refractivity contribution in [3.05, 3.63) is 58.6 Å². The van der Waals surface area contributed by atoms with Gasteiger partial charge in [-0.25, -0.2) is 9.37 Å². The van der Waals surface area contributed by atoms with Gasteiger partial charge in [-0.15, -0.1) is 0 Å². The van der Waals surface area contributed by atoms with Gasteiger partial charge < -0.3 is 4.90 Å². The van der Waals surface area contributed by atoms with Crippen molar-refractivity contribution >= 4 is 23.2 Å². The van der Waals surface area contributed by atoms with Crippen LogP contribution in [0.5, 0.6) is 0 Å². The molecule has 21 heavy (non-hydrogen) atoms. The summed E-state index contributed by atoms with van der Waals surface area (Å²) >= 11 is 5.97. The first-order chi connectivity index (χ1) is 9.88. The summed E-state index contributed by atoms with van der Waals surface area (Å²) in [5.74, 6) is -0.482. The van der Waals surface area contributed by atoms with Crippen molar-refractivity contribution in [2.24, 2.45) is 0 Å². The maximum absolute atomic E-state index is 13.3. The number of amides is 1. The Kier molecular flexibility index (Phi) is 4.58. The summed E-state index contributed by atoms with van der Waals surface area (Å²) in [5.41, 5.74) is 1.67. The summed E-state index contributed by atoms with van der Waals surface area (Å²) in [7, 11) is 1.60. The van der Waals surface area contributed by atoms with Gasteiger partial charge >= 0.3 is 0 Å². The molecule has 110 valence electrons. The Morgan fingerprint density at radius 3 is 2.62 bits per heavy atom. The Labute approximate surface area is 128 Å². The van der Waals surface area contributed by atoms with Crippen LogP contribution in [0.1, 0.15) is 35.8 Å². The van der Waals surface area contributed by atoms with E-state index in [1.807, 2.05) is 13.8 Å². The molecule has 0 bridgehead atoms. The lowest BCUT2D eigenvalue weighted by molar-refractivity contribution is 0.0993. The molecule has 0 aliphatic heterocycles. The third-order valence-electron chi connectivity index (χ3n) is 3.15. The number of benzene rings is 1. The highest BCUT2D eigenvalue weighted by Crippen LogP contribution is 2.21. The Balaban J connectivity index is 2.35. The molecule has 0 spiro atoms. The molecule has 1 aromatic carbocycles. The summed E-state index contributed by atoms with van der Waals surface area (Å²) in [6.45, 7) is 3.95. The zero-order chi connectivity index (χ0) is 15.6. The maximum atomic E-state index is 13.3. The summed E-state index contributed by atoms with van der Waals surface area (Å²) in [6.07, 6.45) is 0. The van der Waals surface area contributed by atoms with Crippen LogP contribution >= 0.6 is 11.6 Å². The predicted molar refractivity (Wildman–Crippen MR) is 82.5 cm³/mol. The molecule has 3 nitrogen and oxygen atoms in total. The lowest BCUT2D eigenvalue weighted by Crippen LogP contribution is -2.26. The van der Waals surface area contributed by atoms with E-state index >= 15 is 0 Å². The Morgan fingerprint density at radius 1 is 1.29 bits per heavy atom. The molecule has 2 aromatic rings. The molecule has 1 amide bonds. The van der Waals surface area contributed by atoms with E-state index in [-0.39, 0.29) is 22.8 Å². The van der Waals surface area contributed by atoms with Crippen LogP contribution in [0.4, 0.5) is 10.1 Å². The molecular weight excluding hydrogens is 291 g/mol. The lowest BCUT2D eigenvalue weighted by Gasteiger charge is -2.18. The van der Waals surface area contributed by atoms with E-state index in [2.05, 4.69) is 4.98 Å². The largest absolute Gasteiger partial charge is 0.311 e. The number of hydrogen-bond acceptors (Lipinski definition) is 2. The van der Waals surface area contributed by atoms with Crippen LogP contribution in [-0.2, 0) is 0 Å². The second-order valence-electron chi connectivity index (χ2n) is 5.10. The Hall–Kier alpha value is -1.94. The Bertz CT molecular complexity index is 673. The third kappa shape index (κ3) is 3.58. The topological polar surface area (TPSA) is 33.2 Å². The fourth-order valence-corrected chi connectivity index (χ4v) is 2.15. The van der Waals surface area contributed by atoms with Gasteiger partial charge in [-0.05, 0) is 36.2 Å². The van der Waals surface area contributed by atoms with Crippen LogP contribution in [0, 0.1) is 5.82 Å². The number of rotatable bonds is 3. The molecule has 2 rings (SSSR count). The van der Waals surface area contributed by atoms with Crippen LogP contribution in [0.3, 0.4) is 0 Å². The van der Waals surface area contributed by atoms with E-state index in [9.17, 15) is 9.18 Å². The SMILES string of the molecule is CC(C)c1cc(C(=O)N(C)c2cccc(F)c2)cc(Cl)n1. The van der Waals surface area contributed by atoms with Crippen molar-refractivity contribution < 1.29 is 9.18 Å². The quantitative estimate of drug-likeness (QED) is 0.793. The molecule has 0 saturated carbocycles. The summed E-state index contributed by atoms with van der Waals surface area (Å²) in [6, 6.07) is 9.12. The smallest absolute Gasteiger partial charge is 0.258 e. The lowest BCUT2D eigenvalue weighted by atomic mass is 10.1. The number of pyridine rings is 1. The molecular formula is C16H16ClFN2O. The standard InChI is InChI=1S/C16H16ClFN2O/c1-10(2)14-7-11(8-15(17)19-14)16(21)20(3)13-6-4-5-12(18)9-13/h4-10H,1-3H3. The molecule has 5 heteroatoms. The van der Waals surface area contributed by atoms with Crippen LogP contribution < -0.4 is 4.90 Å². The van der Waals surface area contributed by atoms with Crippen LogP contribution in [-0.4, -0.2) is 17.9 Å². The minimum Gasteiger partial charge on any atom is -0.311 e. The highest BCUT2D eigenvalue weighted by Gasteiger charge is 2.16. The third-order valence-corrected chi connectivity index (χ3v) is 3.35. The molecule has 0 aliphatic carbocycles. The van der Waals surface area contributed by atoms with Gasteiger partial charge in [0.1, 0.15) is 11.0 Å². The van der Waals surface area contributed by atoms with Crippen molar-refractivity contribution in [2.45, 2.75) is 19.8 Å². The van der Waals surface area contributed by atoms with Crippen LogP contribution in [0.2, 0.25) is 5.15 Å². The zero-order valence-corrected chi connectivity index (χ0v) is 12.9. The van der Waals surface area contributed by atoms with E-state index in [4.69, 9.17) is 11.6 Å². The van der Waals surface area contributed by atoms with E-state index < -0.39 is 0 Å². The summed E-state index contributed by atoms with van der Waals surface area (Å²) in [4.78, 5) is 18.1. The van der Waals surface area contributed by atoms with Crippen LogP contribution in [0.25, 0.3) is 0 Å². The van der Waals surface area contributed by atoms with Gasteiger partial charge in [-0.2, -0.15) is 0 Å². The molecule has 1 heterocycles. The highest BCUT2D eigenvalue weighted by atomic mass is 35.5. The predicted octanol–water partition coefficient (Wildman–Crippen LogP) is 4.27. The van der Waals surface area contributed by atoms with Gasteiger partial charge in [-0.3, -0.25) is 4.79 Å². The maximum Gasteiger partial charge on any atom is 0.258 e. The van der Waals surface area contributed by atoms with Crippen molar-refractivity contribution in [1.29, 1.82) is 0 Å². The molecule has 0 fully saturated rings. The highest BCUT2D eigenvalue weighted by molar-refractivity contribution is 6.29. The fourth-order valence-electron chi connectivity index (χ4n) is 1.93. The van der Waals surface area contributed by atoms with Crippen molar-refractivity contribution in [2.75, 3.05) is 11.9 Å². The number of nitrogens with zero attached hydrogens (tertiary/aromatic N) is 2. The van der Waals surface area contributed by atoms with E-state index in [0.29, 0.717) is 11.3 Å². The number of halogens is 2. The van der Waals surface area contributed by atoms with Gasteiger partial charge in [0.2, 0.25) is 0 Å². The first kappa shape index (κ1) is 15.4. The minimum absolute atomic E-state index is 0.162. The van der Waals surface area contributed by atoms with Gasteiger partial charge in [-0.1, -0.05) is 31.5 Å². The molecule has 0 unspecified atom stereocenters. The Morgan fingerprint density at radius 2 is 2.00 bits per heavy atom. The van der Waals surface area contributed by atoms with Crippen molar-refractivity contribution in [1.82, 2.24) is 4.98 Å². The average molecular weight is 307 g/mol. The van der Waals surface area contributed by atoms with Gasteiger partial charge in [0.15, 0.2) is 0 Å². The normalized spacial score (nSPS) is 10.8. The first-order valence-corrected chi connectivity index (χ1v) is 6.97. The van der Waals surface area contributed by atoms with Gasteiger partial charge in [0, 0.05) is 24.0 Å². The minimum atomic E-state index is -0.386. The molecule has 0 N–H and O–H groups in total. The van der Waals surface area contributed by atoms with Crippen LogP contribution in [0.15, 0.2) is 36.4 Å². The number of anilines is 1. The van der Waals surface area contributed by atoms with E-state index in [1.165, 1.54) is 23.1 Å². The molecule has 0 atom stereocenters. The first-order valence-electron chi connectivity index (χ1n) is 6.59. The molecule has 1 aromatic heterocycles. The fraction of sp³-hybridized carbons (Fsp3) is 0.250. The van der Waals surface area contributed by atoms with E-state index in [1.54, 1.807) is 25.2 Å². The summed E-state index contributed by atoms with van der Waals surface area (Å²) in [5, 5.41) is 0.275. The average Bonchev–Trinajstić information content (AvgIpc) is 2.45. The number of carbonyl (C=O) groups is 1. The van der Waals surface area contributed by atoms with Gasteiger partial charge in [0.25, 0.3) is 5.91 Å². The second-order valence-corrected chi connectivity index (χ2v) is 5.49. The zero-order valence-electron chi connectivity index (χ0n) is 12.1. The number of carbonyl (C=O) groups excluding carboxylic acids is 1. The van der Waals surface area contributed by atoms with Crippen molar-refractivity contribution in [3.8, 4) is 0 Å². The molecule has 0 saturated heterocycles. The van der Waals surface area contributed by atoms with E-state index in [0.717, 1.165) is 5.69 Å². The monoisotopic (exact) mass is 306 g/mol. The molecule has 0 radical (unpaired) electrons. The number of hydrogen-bond donors (Lipinski definition) is 0. The number of aromatic nitrogens is 1. The molecule has 0 aliphatic rings.